The van der Waals surface area contributed by atoms with E-state index < -0.39 is 15.8 Å². The van der Waals surface area contributed by atoms with E-state index in [9.17, 15) is 12.8 Å². The first-order chi connectivity index (χ1) is 9.97. The van der Waals surface area contributed by atoms with Gasteiger partial charge in [0.15, 0.2) is 0 Å². The van der Waals surface area contributed by atoms with Gasteiger partial charge in [0, 0.05) is 25.2 Å². The first-order valence-electron chi connectivity index (χ1n) is 6.68. The van der Waals surface area contributed by atoms with Crippen LogP contribution in [0.2, 0.25) is 0 Å². The summed E-state index contributed by atoms with van der Waals surface area (Å²) >= 11 is 0. The van der Waals surface area contributed by atoms with Crippen molar-refractivity contribution in [1.29, 1.82) is 0 Å². The smallest absolute Gasteiger partial charge is 0.243 e. The third kappa shape index (κ3) is 4.49. The van der Waals surface area contributed by atoms with E-state index in [4.69, 9.17) is 0 Å². The van der Waals surface area contributed by atoms with E-state index in [1.54, 1.807) is 0 Å². The van der Waals surface area contributed by atoms with Crippen LogP contribution in [0.5, 0.6) is 0 Å². The predicted molar refractivity (Wildman–Crippen MR) is 82.9 cm³/mol. The van der Waals surface area contributed by atoms with Crippen LogP contribution in [0, 0.1) is 5.82 Å². The Labute approximate surface area is 126 Å². The number of benzene rings is 1. The van der Waals surface area contributed by atoms with E-state index in [1.165, 1.54) is 34.7 Å². The minimum absolute atomic E-state index is 0.0699. The van der Waals surface area contributed by atoms with Crippen LogP contribution in [0.4, 0.5) is 4.39 Å². The van der Waals surface area contributed by atoms with Gasteiger partial charge in [0.1, 0.15) is 5.82 Å². The number of sulfonamides is 1. The summed E-state index contributed by atoms with van der Waals surface area (Å²) in [5.41, 5.74) is 0.329. The van der Waals surface area contributed by atoms with Crippen LogP contribution in [0.1, 0.15) is 12.5 Å². The largest absolute Gasteiger partial charge is 0.313 e. The van der Waals surface area contributed by atoms with Gasteiger partial charge in [-0.2, -0.15) is 4.31 Å². The summed E-state index contributed by atoms with van der Waals surface area (Å²) in [6.07, 6.45) is 3.01. The van der Waals surface area contributed by atoms with Gasteiger partial charge in [-0.3, -0.25) is 0 Å². The Morgan fingerprint density at radius 3 is 2.43 bits per heavy atom. The molecular weight excluding hydrogens is 291 g/mol. The van der Waals surface area contributed by atoms with E-state index in [1.807, 2.05) is 6.92 Å². The van der Waals surface area contributed by atoms with Crippen molar-refractivity contribution in [3.05, 3.63) is 54.9 Å². The number of nitrogens with one attached hydrogen (secondary N) is 1. The zero-order valence-corrected chi connectivity index (χ0v) is 13.0. The maximum Gasteiger partial charge on any atom is 0.243 e. The molecular formula is C15H21FN2O2S. The second-order valence-corrected chi connectivity index (χ2v) is 6.37. The zero-order valence-electron chi connectivity index (χ0n) is 12.2. The van der Waals surface area contributed by atoms with E-state index >= 15 is 0 Å². The molecule has 0 unspecified atom stereocenters. The normalized spacial score (nSPS) is 11.6. The minimum Gasteiger partial charge on any atom is -0.313 e. The molecule has 0 aliphatic carbocycles. The highest BCUT2D eigenvalue weighted by Gasteiger charge is 2.23. The van der Waals surface area contributed by atoms with Crippen molar-refractivity contribution >= 4 is 10.0 Å². The Morgan fingerprint density at radius 2 is 1.90 bits per heavy atom. The van der Waals surface area contributed by atoms with Gasteiger partial charge in [0.25, 0.3) is 0 Å². The number of nitrogens with zero attached hydrogens (tertiary/aromatic N) is 1. The molecule has 0 radical (unpaired) electrons. The molecule has 0 fully saturated rings. The van der Waals surface area contributed by atoms with Gasteiger partial charge in [0.2, 0.25) is 10.0 Å². The lowest BCUT2D eigenvalue weighted by molar-refractivity contribution is 0.473. The van der Waals surface area contributed by atoms with E-state index in [0.29, 0.717) is 12.1 Å². The van der Waals surface area contributed by atoms with Crippen molar-refractivity contribution in [1.82, 2.24) is 9.62 Å². The Bertz CT molecular complexity index is 590. The van der Waals surface area contributed by atoms with Crippen LogP contribution >= 0.6 is 0 Å². The van der Waals surface area contributed by atoms with Crippen LogP contribution in [0.25, 0.3) is 0 Å². The van der Waals surface area contributed by atoms with E-state index in [2.05, 4.69) is 18.5 Å². The Balaban J connectivity index is 3.17. The molecule has 116 valence electrons. The summed E-state index contributed by atoms with van der Waals surface area (Å²) in [5.74, 6) is -0.422. The molecule has 0 aliphatic heterocycles. The second-order valence-electron chi connectivity index (χ2n) is 4.43. The summed E-state index contributed by atoms with van der Waals surface area (Å²) in [6.45, 7) is 10.3. The molecule has 0 heterocycles. The lowest BCUT2D eigenvalue weighted by Crippen LogP contribution is -2.31. The fraction of sp³-hybridized carbons (Fsp3) is 0.333. The summed E-state index contributed by atoms with van der Waals surface area (Å²) < 4.78 is 40.0. The van der Waals surface area contributed by atoms with E-state index in [0.717, 1.165) is 0 Å². The molecule has 0 spiro atoms. The van der Waals surface area contributed by atoms with Crippen molar-refractivity contribution in [3.63, 3.8) is 0 Å². The van der Waals surface area contributed by atoms with Gasteiger partial charge in [-0.25, -0.2) is 12.8 Å². The Morgan fingerprint density at radius 1 is 1.29 bits per heavy atom. The average molecular weight is 312 g/mol. The average Bonchev–Trinajstić information content (AvgIpc) is 2.46. The predicted octanol–water partition coefficient (Wildman–Crippen LogP) is 2.30. The van der Waals surface area contributed by atoms with Crippen LogP contribution in [0.15, 0.2) is 48.4 Å². The molecule has 0 saturated heterocycles. The topological polar surface area (TPSA) is 49.4 Å². The van der Waals surface area contributed by atoms with Gasteiger partial charge in [-0.15, -0.1) is 13.2 Å². The standard InChI is InChI=1S/C15H21FN2O2S/c1-4-9-18(10-5-2)21(19,20)14-7-8-15(16)13(11-14)12-17-6-3/h4-5,7-8,11,17H,1-2,6,9-10,12H2,3H3. The maximum atomic E-state index is 13.7. The van der Waals surface area contributed by atoms with Crippen molar-refractivity contribution in [2.45, 2.75) is 18.4 Å². The van der Waals surface area contributed by atoms with Crippen molar-refractivity contribution in [2.24, 2.45) is 0 Å². The van der Waals surface area contributed by atoms with Crippen LogP contribution < -0.4 is 5.32 Å². The maximum absolute atomic E-state index is 13.7. The first-order valence-corrected chi connectivity index (χ1v) is 8.12. The molecule has 0 aliphatic rings. The highest BCUT2D eigenvalue weighted by Crippen LogP contribution is 2.19. The first kappa shape index (κ1) is 17.6. The highest BCUT2D eigenvalue weighted by atomic mass is 32.2. The monoisotopic (exact) mass is 312 g/mol. The molecule has 1 N–H and O–H groups in total. The Kier molecular flexibility index (Phi) is 6.74. The number of halogens is 1. The molecule has 1 rings (SSSR count). The van der Waals surface area contributed by atoms with Crippen LogP contribution in [-0.2, 0) is 16.6 Å². The van der Waals surface area contributed by atoms with Gasteiger partial charge in [0.05, 0.1) is 4.90 Å². The number of rotatable bonds is 9. The molecule has 1 aromatic carbocycles. The van der Waals surface area contributed by atoms with Crippen molar-refractivity contribution < 1.29 is 12.8 Å². The van der Waals surface area contributed by atoms with Gasteiger partial charge < -0.3 is 5.32 Å². The molecule has 6 heteroatoms. The van der Waals surface area contributed by atoms with Crippen molar-refractivity contribution in [2.75, 3.05) is 19.6 Å². The third-order valence-corrected chi connectivity index (χ3v) is 4.71. The SMILES string of the molecule is C=CCN(CC=C)S(=O)(=O)c1ccc(F)c(CNCC)c1. The lowest BCUT2D eigenvalue weighted by Gasteiger charge is -2.19. The van der Waals surface area contributed by atoms with Gasteiger partial charge in [-0.05, 0) is 24.7 Å². The van der Waals surface area contributed by atoms with Crippen molar-refractivity contribution in [3.8, 4) is 0 Å². The summed E-state index contributed by atoms with van der Waals surface area (Å²) in [5, 5.41) is 2.98. The fourth-order valence-electron chi connectivity index (χ4n) is 1.81. The fourth-order valence-corrected chi connectivity index (χ4v) is 3.25. The summed E-state index contributed by atoms with van der Waals surface area (Å²) in [4.78, 5) is 0.0699. The minimum atomic E-state index is -3.69. The molecule has 1 aromatic rings. The number of hydrogen-bond acceptors (Lipinski definition) is 3. The quantitative estimate of drug-likeness (QED) is 0.712. The molecule has 0 bridgehead atoms. The molecule has 0 aromatic heterocycles. The molecule has 0 amide bonds. The molecule has 4 nitrogen and oxygen atoms in total. The molecule has 21 heavy (non-hydrogen) atoms. The summed E-state index contributed by atoms with van der Waals surface area (Å²) in [6, 6.07) is 3.82. The van der Waals surface area contributed by atoms with Gasteiger partial charge in [-0.1, -0.05) is 19.1 Å². The number of hydrogen-bond donors (Lipinski definition) is 1. The zero-order chi connectivity index (χ0) is 15.9. The van der Waals surface area contributed by atoms with Gasteiger partial charge >= 0.3 is 0 Å². The lowest BCUT2D eigenvalue weighted by atomic mass is 10.2. The second kappa shape index (κ2) is 8.07. The van der Waals surface area contributed by atoms with Crippen LogP contribution in [0.3, 0.4) is 0 Å². The van der Waals surface area contributed by atoms with Crippen LogP contribution in [-0.4, -0.2) is 32.4 Å². The van der Waals surface area contributed by atoms with E-state index in [-0.39, 0.29) is 24.5 Å². The molecule has 0 atom stereocenters. The highest BCUT2D eigenvalue weighted by molar-refractivity contribution is 7.89. The third-order valence-electron chi connectivity index (χ3n) is 2.89. The summed E-state index contributed by atoms with van der Waals surface area (Å²) in [7, 11) is -3.69. The molecule has 0 saturated carbocycles. The Hall–Kier alpha value is -1.50.